The SMILES string of the molecule is O=C(Nc1cccc(F)c1)c1ccc(C#CCO)s1. The fourth-order valence-electron chi connectivity index (χ4n) is 1.41. The molecule has 96 valence electrons. The first kappa shape index (κ1) is 13.3. The van der Waals surface area contributed by atoms with Crippen LogP contribution >= 0.6 is 11.3 Å². The predicted octanol–water partition coefficient (Wildman–Crippen LogP) is 2.48. The summed E-state index contributed by atoms with van der Waals surface area (Å²) in [6, 6.07) is 9.04. The van der Waals surface area contributed by atoms with Gasteiger partial charge in [-0.2, -0.15) is 0 Å². The van der Waals surface area contributed by atoms with E-state index >= 15 is 0 Å². The van der Waals surface area contributed by atoms with E-state index in [4.69, 9.17) is 5.11 Å². The molecule has 1 aromatic heterocycles. The summed E-state index contributed by atoms with van der Waals surface area (Å²) in [5.41, 5.74) is 0.404. The fraction of sp³-hybridized carbons (Fsp3) is 0.0714. The van der Waals surface area contributed by atoms with E-state index in [1.807, 2.05) is 0 Å². The van der Waals surface area contributed by atoms with Crippen LogP contribution in [-0.2, 0) is 0 Å². The summed E-state index contributed by atoms with van der Waals surface area (Å²) in [4.78, 5) is 13.1. The van der Waals surface area contributed by atoms with Crippen LogP contribution in [0.25, 0.3) is 0 Å². The number of rotatable bonds is 2. The highest BCUT2D eigenvalue weighted by molar-refractivity contribution is 7.14. The van der Waals surface area contributed by atoms with Crippen LogP contribution in [0.15, 0.2) is 36.4 Å². The normalized spacial score (nSPS) is 9.58. The van der Waals surface area contributed by atoms with Crippen molar-refractivity contribution in [3.63, 3.8) is 0 Å². The summed E-state index contributed by atoms with van der Waals surface area (Å²) in [5.74, 6) is 4.51. The van der Waals surface area contributed by atoms with Crippen molar-refractivity contribution in [1.82, 2.24) is 0 Å². The molecule has 0 aliphatic carbocycles. The Morgan fingerprint density at radius 1 is 1.37 bits per heavy atom. The number of thiophene rings is 1. The van der Waals surface area contributed by atoms with E-state index in [0.717, 1.165) is 0 Å². The smallest absolute Gasteiger partial charge is 0.265 e. The summed E-state index contributed by atoms with van der Waals surface area (Å²) in [7, 11) is 0. The Bertz CT molecular complexity index is 655. The summed E-state index contributed by atoms with van der Waals surface area (Å²) in [6.07, 6.45) is 0. The number of anilines is 1. The quantitative estimate of drug-likeness (QED) is 0.827. The van der Waals surface area contributed by atoms with Crippen LogP contribution < -0.4 is 5.32 Å². The van der Waals surface area contributed by atoms with Gasteiger partial charge in [0, 0.05) is 5.69 Å². The molecular weight excluding hydrogens is 265 g/mol. The zero-order valence-electron chi connectivity index (χ0n) is 9.81. The van der Waals surface area contributed by atoms with E-state index < -0.39 is 5.82 Å². The lowest BCUT2D eigenvalue weighted by Gasteiger charge is -2.02. The van der Waals surface area contributed by atoms with Gasteiger partial charge in [-0.25, -0.2) is 4.39 Å². The minimum atomic E-state index is -0.404. The minimum Gasteiger partial charge on any atom is -0.384 e. The number of nitrogens with one attached hydrogen (secondary N) is 1. The van der Waals surface area contributed by atoms with Crippen molar-refractivity contribution in [3.8, 4) is 11.8 Å². The maximum atomic E-state index is 13.0. The van der Waals surface area contributed by atoms with Crippen molar-refractivity contribution in [1.29, 1.82) is 0 Å². The number of aliphatic hydroxyl groups is 1. The van der Waals surface area contributed by atoms with Gasteiger partial charge in [0.15, 0.2) is 0 Å². The van der Waals surface area contributed by atoms with Crippen LogP contribution in [0.5, 0.6) is 0 Å². The van der Waals surface area contributed by atoms with Gasteiger partial charge in [0.1, 0.15) is 12.4 Å². The third-order valence-electron chi connectivity index (χ3n) is 2.20. The lowest BCUT2D eigenvalue weighted by molar-refractivity contribution is 0.103. The molecule has 1 heterocycles. The van der Waals surface area contributed by atoms with Crippen molar-refractivity contribution in [2.45, 2.75) is 0 Å². The molecule has 2 rings (SSSR count). The molecule has 2 aromatic rings. The van der Waals surface area contributed by atoms with Crippen molar-refractivity contribution in [2.24, 2.45) is 0 Å². The maximum Gasteiger partial charge on any atom is 0.265 e. The lowest BCUT2D eigenvalue weighted by atomic mass is 10.3. The highest BCUT2D eigenvalue weighted by Crippen LogP contribution is 2.18. The van der Waals surface area contributed by atoms with Crippen LogP contribution in [-0.4, -0.2) is 17.6 Å². The molecule has 0 saturated carbocycles. The second kappa shape index (κ2) is 6.14. The van der Waals surface area contributed by atoms with Crippen molar-refractivity contribution >= 4 is 22.9 Å². The first-order valence-electron chi connectivity index (χ1n) is 5.45. The standard InChI is InChI=1S/C14H10FNO2S/c15-10-3-1-4-11(9-10)16-14(18)13-7-6-12(19-13)5-2-8-17/h1,3-4,6-7,9,17H,8H2,(H,16,18). The van der Waals surface area contributed by atoms with Crippen LogP contribution in [0.2, 0.25) is 0 Å². The van der Waals surface area contributed by atoms with Crippen LogP contribution in [0, 0.1) is 17.7 Å². The first-order chi connectivity index (χ1) is 9.19. The summed E-state index contributed by atoms with van der Waals surface area (Å²) >= 11 is 1.21. The van der Waals surface area contributed by atoms with E-state index in [1.54, 1.807) is 18.2 Å². The number of benzene rings is 1. The molecule has 19 heavy (non-hydrogen) atoms. The molecule has 0 bridgehead atoms. The molecule has 3 nitrogen and oxygen atoms in total. The molecule has 5 heteroatoms. The van der Waals surface area contributed by atoms with Gasteiger partial charge in [0.2, 0.25) is 0 Å². The molecule has 0 spiro atoms. The highest BCUT2D eigenvalue weighted by atomic mass is 32.1. The lowest BCUT2D eigenvalue weighted by Crippen LogP contribution is -2.09. The Labute approximate surface area is 113 Å². The van der Waals surface area contributed by atoms with Crippen molar-refractivity contribution in [2.75, 3.05) is 11.9 Å². The van der Waals surface area contributed by atoms with E-state index in [1.165, 1.54) is 29.5 Å². The minimum absolute atomic E-state index is 0.220. The number of hydrogen-bond donors (Lipinski definition) is 2. The van der Waals surface area contributed by atoms with E-state index in [-0.39, 0.29) is 12.5 Å². The van der Waals surface area contributed by atoms with E-state index in [0.29, 0.717) is 15.4 Å². The number of hydrogen-bond acceptors (Lipinski definition) is 3. The molecule has 0 aliphatic rings. The van der Waals surface area contributed by atoms with Gasteiger partial charge in [-0.15, -0.1) is 11.3 Å². The molecule has 0 fully saturated rings. The number of halogens is 1. The molecule has 1 amide bonds. The first-order valence-corrected chi connectivity index (χ1v) is 6.27. The van der Waals surface area contributed by atoms with Gasteiger partial charge in [-0.1, -0.05) is 17.9 Å². The number of amides is 1. The molecule has 0 saturated heterocycles. The molecule has 0 unspecified atom stereocenters. The number of aliphatic hydroxyl groups excluding tert-OH is 1. The molecule has 0 radical (unpaired) electrons. The summed E-state index contributed by atoms with van der Waals surface area (Å²) in [6.45, 7) is -0.220. The Kier molecular flexibility index (Phi) is 4.29. The van der Waals surface area contributed by atoms with Crippen molar-refractivity contribution < 1.29 is 14.3 Å². The number of carbonyl (C=O) groups is 1. The highest BCUT2D eigenvalue weighted by Gasteiger charge is 2.09. The third kappa shape index (κ3) is 3.65. The van der Waals surface area contributed by atoms with Gasteiger partial charge in [-0.05, 0) is 30.3 Å². The summed E-state index contributed by atoms with van der Waals surface area (Å²) in [5, 5.41) is 11.2. The Morgan fingerprint density at radius 3 is 2.95 bits per heavy atom. The Hall–Kier alpha value is -2.16. The van der Waals surface area contributed by atoms with E-state index in [9.17, 15) is 9.18 Å². The zero-order chi connectivity index (χ0) is 13.7. The van der Waals surface area contributed by atoms with Crippen LogP contribution in [0.3, 0.4) is 0 Å². The Balaban J connectivity index is 2.10. The number of carbonyl (C=O) groups excluding carboxylic acids is 1. The molecule has 2 N–H and O–H groups in total. The predicted molar refractivity (Wildman–Crippen MR) is 72.6 cm³/mol. The zero-order valence-corrected chi connectivity index (χ0v) is 10.6. The Morgan fingerprint density at radius 2 is 2.21 bits per heavy atom. The van der Waals surface area contributed by atoms with Crippen LogP contribution in [0.1, 0.15) is 14.5 Å². The summed E-state index contributed by atoms with van der Waals surface area (Å²) < 4.78 is 13.0. The molecule has 1 aromatic carbocycles. The van der Waals surface area contributed by atoms with Gasteiger partial charge in [-0.3, -0.25) is 4.79 Å². The third-order valence-corrected chi connectivity index (χ3v) is 3.20. The molecule has 0 atom stereocenters. The maximum absolute atomic E-state index is 13.0. The second-order valence-corrected chi connectivity index (χ2v) is 4.67. The average molecular weight is 275 g/mol. The van der Waals surface area contributed by atoms with Gasteiger partial charge >= 0.3 is 0 Å². The largest absolute Gasteiger partial charge is 0.384 e. The monoisotopic (exact) mass is 275 g/mol. The molecular formula is C14H10FNO2S. The fourth-order valence-corrected chi connectivity index (χ4v) is 2.19. The van der Waals surface area contributed by atoms with E-state index in [2.05, 4.69) is 17.2 Å². The average Bonchev–Trinajstić information content (AvgIpc) is 2.85. The van der Waals surface area contributed by atoms with Gasteiger partial charge in [0.25, 0.3) is 5.91 Å². The second-order valence-electron chi connectivity index (χ2n) is 3.59. The van der Waals surface area contributed by atoms with Gasteiger partial charge in [0.05, 0.1) is 9.75 Å². The van der Waals surface area contributed by atoms with Gasteiger partial charge < -0.3 is 10.4 Å². The molecule has 0 aliphatic heterocycles. The topological polar surface area (TPSA) is 49.3 Å². The van der Waals surface area contributed by atoms with Crippen LogP contribution in [0.4, 0.5) is 10.1 Å². The van der Waals surface area contributed by atoms with Crippen molar-refractivity contribution in [3.05, 3.63) is 52.0 Å².